The van der Waals surface area contributed by atoms with Crippen molar-refractivity contribution in [3.63, 3.8) is 0 Å². The summed E-state index contributed by atoms with van der Waals surface area (Å²) in [7, 11) is 3.99. The van der Waals surface area contributed by atoms with Gasteiger partial charge in [0.15, 0.2) is 7.85 Å². The van der Waals surface area contributed by atoms with Crippen LogP contribution in [0.1, 0.15) is 33.6 Å². The average molecular weight is 188 g/mol. The predicted molar refractivity (Wildman–Crippen MR) is 57.8 cm³/mol. The Morgan fingerprint density at radius 1 is 1.25 bits per heavy atom. The minimum atomic E-state index is -1.04. The number of hydrogen-bond donors (Lipinski definition) is 0. The Morgan fingerprint density at radius 2 is 1.67 bits per heavy atom. The van der Waals surface area contributed by atoms with E-state index in [0.29, 0.717) is 5.41 Å². The second-order valence-corrected chi connectivity index (χ2v) is 6.51. The minimum absolute atomic E-state index is 0.270. The molecule has 0 N–H and O–H groups in total. The molecule has 1 aliphatic carbocycles. The molecule has 0 aromatic heterocycles. The fourth-order valence-corrected chi connectivity index (χ4v) is 2.06. The van der Waals surface area contributed by atoms with Crippen LogP contribution in [0.5, 0.6) is 0 Å². The van der Waals surface area contributed by atoms with Crippen molar-refractivity contribution in [3.05, 3.63) is 0 Å². The first kappa shape index (κ1) is 10.5. The van der Waals surface area contributed by atoms with Crippen molar-refractivity contribution in [3.8, 4) is 0 Å². The molecule has 0 radical (unpaired) electrons. The van der Waals surface area contributed by atoms with E-state index in [2.05, 4.69) is 30.0 Å². The van der Waals surface area contributed by atoms with Gasteiger partial charge in [0.2, 0.25) is 0 Å². The Labute approximate surface area is 78.3 Å². The average Bonchev–Trinajstić information content (AvgIpc) is 1.46. The van der Waals surface area contributed by atoms with Crippen molar-refractivity contribution in [2.45, 2.75) is 38.9 Å². The zero-order chi connectivity index (χ0) is 9.57. The van der Waals surface area contributed by atoms with Crippen molar-refractivity contribution in [2.24, 2.45) is 17.3 Å². The third kappa shape index (κ3) is 2.22. The molecule has 0 nitrogen and oxygen atoms in total. The highest BCUT2D eigenvalue weighted by Crippen LogP contribution is 2.51. The third-order valence-electron chi connectivity index (χ3n) is 3.16. The lowest BCUT2D eigenvalue weighted by Gasteiger charge is -2.47. The number of hydrogen-bond acceptors (Lipinski definition) is 0. The van der Waals surface area contributed by atoms with Crippen LogP contribution in [-0.4, -0.2) is 13.2 Å². The lowest BCUT2D eigenvalue weighted by atomic mass is 9.59. The van der Waals surface area contributed by atoms with Crippen LogP contribution in [0.2, 0.25) is 0 Å². The Kier molecular flexibility index (Phi) is 2.61. The molecule has 0 aromatic rings. The van der Waals surface area contributed by atoms with Crippen molar-refractivity contribution in [2.75, 3.05) is 0 Å². The largest absolute Gasteiger partial charge is 0.250 e. The first-order chi connectivity index (χ1) is 5.21. The molecule has 0 saturated heterocycles. The molecule has 2 atom stereocenters. The van der Waals surface area contributed by atoms with Crippen molar-refractivity contribution in [1.29, 1.82) is 0 Å². The molecule has 2 unspecified atom stereocenters. The highest BCUT2D eigenvalue weighted by molar-refractivity contribution is 7.21. The molecular weight excluding hydrogens is 169 g/mol. The maximum absolute atomic E-state index is 13.4. The summed E-state index contributed by atoms with van der Waals surface area (Å²) in [5.74, 6) is 0.991. The molecule has 1 aliphatic rings. The van der Waals surface area contributed by atoms with E-state index in [1.54, 1.807) is 7.85 Å². The van der Waals surface area contributed by atoms with Gasteiger partial charge in [-0.1, -0.05) is 20.8 Å². The number of rotatable bonds is 1. The summed E-state index contributed by atoms with van der Waals surface area (Å²) >= 11 is 0. The SMILES string of the molecule is BC(F)(P)C1CC(C(C)(C)C)C1. The summed E-state index contributed by atoms with van der Waals surface area (Å²) in [5.41, 5.74) is 0.367. The van der Waals surface area contributed by atoms with Crippen LogP contribution in [0.3, 0.4) is 0 Å². The molecule has 0 bridgehead atoms. The Morgan fingerprint density at radius 3 is 1.92 bits per heavy atom. The lowest BCUT2D eigenvalue weighted by molar-refractivity contribution is 0.0382. The van der Waals surface area contributed by atoms with Crippen molar-refractivity contribution in [1.82, 2.24) is 0 Å². The van der Waals surface area contributed by atoms with Gasteiger partial charge in [0.05, 0.1) is 5.31 Å². The van der Waals surface area contributed by atoms with Gasteiger partial charge in [0, 0.05) is 0 Å². The summed E-state index contributed by atoms with van der Waals surface area (Å²) in [5, 5.41) is -1.04. The van der Waals surface area contributed by atoms with E-state index in [0.717, 1.165) is 18.8 Å². The van der Waals surface area contributed by atoms with Gasteiger partial charge in [-0.25, -0.2) is 4.39 Å². The van der Waals surface area contributed by atoms with Gasteiger partial charge in [-0.15, -0.1) is 9.24 Å². The van der Waals surface area contributed by atoms with Gasteiger partial charge in [-0.05, 0) is 30.1 Å². The van der Waals surface area contributed by atoms with Gasteiger partial charge in [-0.2, -0.15) is 0 Å². The molecule has 0 heterocycles. The molecule has 0 spiro atoms. The van der Waals surface area contributed by atoms with Crippen LogP contribution in [0.15, 0.2) is 0 Å². The maximum atomic E-state index is 13.4. The molecule has 0 aliphatic heterocycles. The molecule has 3 heteroatoms. The normalized spacial score (nSPS) is 35.4. The fourth-order valence-electron chi connectivity index (χ4n) is 1.79. The second kappa shape index (κ2) is 2.98. The summed E-state index contributed by atoms with van der Waals surface area (Å²) in [6, 6.07) is 0. The fraction of sp³-hybridized carbons (Fsp3) is 1.00. The predicted octanol–water partition coefficient (Wildman–Crippen LogP) is 2.19. The molecule has 1 saturated carbocycles. The van der Waals surface area contributed by atoms with E-state index in [-0.39, 0.29) is 5.92 Å². The molecular formula is C9H19BFP. The molecule has 70 valence electrons. The summed E-state index contributed by atoms with van der Waals surface area (Å²) in [4.78, 5) is 0. The highest BCUT2D eigenvalue weighted by Gasteiger charge is 2.44. The van der Waals surface area contributed by atoms with Crippen molar-refractivity contribution >= 4 is 17.1 Å². The van der Waals surface area contributed by atoms with Gasteiger partial charge in [0.25, 0.3) is 0 Å². The van der Waals surface area contributed by atoms with Gasteiger partial charge in [0.1, 0.15) is 0 Å². The Balaban J connectivity index is 2.39. The molecule has 1 fully saturated rings. The third-order valence-corrected chi connectivity index (χ3v) is 3.63. The van der Waals surface area contributed by atoms with Gasteiger partial charge < -0.3 is 0 Å². The van der Waals surface area contributed by atoms with E-state index >= 15 is 0 Å². The van der Waals surface area contributed by atoms with Gasteiger partial charge >= 0.3 is 0 Å². The minimum Gasteiger partial charge on any atom is -0.250 e. The van der Waals surface area contributed by atoms with Crippen molar-refractivity contribution < 1.29 is 4.39 Å². The highest BCUT2D eigenvalue weighted by atomic mass is 31.0. The lowest BCUT2D eigenvalue weighted by Crippen LogP contribution is -2.42. The number of alkyl halides is 1. The zero-order valence-corrected chi connectivity index (χ0v) is 9.68. The monoisotopic (exact) mass is 188 g/mol. The van der Waals surface area contributed by atoms with Crippen LogP contribution in [0, 0.1) is 17.3 Å². The molecule has 0 aromatic carbocycles. The summed E-state index contributed by atoms with van der Waals surface area (Å²) in [6.45, 7) is 6.73. The van der Waals surface area contributed by atoms with E-state index in [1.165, 1.54) is 0 Å². The molecule has 0 amide bonds. The standard InChI is InChI=1S/C9H19BFP/c1-8(2,3)6-4-7(5-6)9(10,11)12/h6-7H,4-5,10,12H2,1-3H3. The first-order valence-electron chi connectivity index (χ1n) is 4.69. The van der Waals surface area contributed by atoms with Gasteiger partial charge in [-0.3, -0.25) is 0 Å². The quantitative estimate of drug-likeness (QED) is 0.437. The van der Waals surface area contributed by atoms with Crippen LogP contribution in [0.25, 0.3) is 0 Å². The van der Waals surface area contributed by atoms with E-state index in [9.17, 15) is 4.39 Å². The molecule has 1 rings (SSSR count). The smallest absolute Gasteiger partial charge is 0.155 e. The van der Waals surface area contributed by atoms with Crippen LogP contribution < -0.4 is 0 Å². The van der Waals surface area contributed by atoms with Crippen LogP contribution >= 0.6 is 9.24 Å². The van der Waals surface area contributed by atoms with Crippen LogP contribution in [-0.2, 0) is 0 Å². The number of halogens is 1. The Hall–Kier alpha value is 0.425. The summed E-state index contributed by atoms with van der Waals surface area (Å²) in [6.07, 6.45) is 2.11. The Bertz CT molecular complexity index is 144. The maximum Gasteiger partial charge on any atom is 0.155 e. The first-order valence-corrected chi connectivity index (χ1v) is 5.27. The second-order valence-electron chi connectivity index (χ2n) is 5.38. The topological polar surface area (TPSA) is 0 Å². The van der Waals surface area contributed by atoms with E-state index in [4.69, 9.17) is 0 Å². The zero-order valence-electron chi connectivity index (χ0n) is 8.52. The van der Waals surface area contributed by atoms with Crippen LogP contribution in [0.4, 0.5) is 4.39 Å². The van der Waals surface area contributed by atoms with E-state index < -0.39 is 5.31 Å². The van der Waals surface area contributed by atoms with E-state index in [1.807, 2.05) is 0 Å². The summed E-state index contributed by atoms with van der Waals surface area (Å²) < 4.78 is 13.4. The molecule has 12 heavy (non-hydrogen) atoms.